The normalized spacial score (nSPS) is 16.0. The van der Waals surface area contributed by atoms with Crippen molar-refractivity contribution in [1.82, 2.24) is 9.55 Å². The summed E-state index contributed by atoms with van der Waals surface area (Å²) in [6.07, 6.45) is 10.5. The number of aryl methyl sites for hydroxylation is 1. The van der Waals surface area contributed by atoms with Crippen molar-refractivity contribution in [3.63, 3.8) is 0 Å². The lowest BCUT2D eigenvalue weighted by molar-refractivity contribution is 0.0243. The number of hydrogen-bond donors (Lipinski definition) is 0. The van der Waals surface area contributed by atoms with E-state index in [1.54, 1.807) is 6.20 Å². The molecule has 1 aliphatic rings. The van der Waals surface area contributed by atoms with E-state index < -0.39 is 11.6 Å². The predicted octanol–water partition coefficient (Wildman–Crippen LogP) is 8.80. The Bertz CT molecular complexity index is 1550. The monoisotopic (exact) mass is 581 g/mol. The predicted molar refractivity (Wildman–Crippen MR) is 175 cm³/mol. The van der Waals surface area contributed by atoms with Crippen LogP contribution in [0, 0.1) is 6.92 Å². The summed E-state index contributed by atoms with van der Waals surface area (Å²) in [4.78, 5) is 20.4. The van der Waals surface area contributed by atoms with Crippen molar-refractivity contribution in [3.05, 3.63) is 88.9 Å². The minimum Gasteiger partial charge on any atom is -0.493 e. The molecule has 0 saturated carbocycles. The molecule has 6 nitrogen and oxygen atoms in total. The Kier molecular flexibility index (Phi) is 9.74. The van der Waals surface area contributed by atoms with Gasteiger partial charge in [-0.1, -0.05) is 69.7 Å². The first kappa shape index (κ1) is 30.7. The number of aromatic nitrogens is 2. The highest BCUT2D eigenvalue weighted by Gasteiger charge is 2.53. The van der Waals surface area contributed by atoms with Crippen molar-refractivity contribution >= 4 is 22.6 Å². The zero-order valence-electron chi connectivity index (χ0n) is 26.6. The fourth-order valence-corrected chi connectivity index (χ4v) is 6.87. The van der Waals surface area contributed by atoms with E-state index in [0.717, 1.165) is 70.8 Å². The van der Waals surface area contributed by atoms with E-state index in [4.69, 9.17) is 9.47 Å². The van der Waals surface area contributed by atoms with Crippen LogP contribution in [0.2, 0.25) is 0 Å². The number of carbonyl (C=O) groups excluding carboxylic acids is 1. The summed E-state index contributed by atoms with van der Waals surface area (Å²) in [6.45, 7) is 13.9. The van der Waals surface area contributed by atoms with Crippen LogP contribution in [0.3, 0.4) is 0 Å². The number of cyclic esters (lactones) is 1. The molecule has 1 unspecified atom stereocenters. The summed E-state index contributed by atoms with van der Waals surface area (Å²) >= 11 is 0. The van der Waals surface area contributed by atoms with Gasteiger partial charge in [-0.2, -0.15) is 0 Å². The Morgan fingerprint density at radius 1 is 0.884 bits per heavy atom. The number of fused-ring (bicyclic) bond motifs is 2. The molecule has 0 fully saturated rings. The number of pyridine rings is 1. The highest BCUT2D eigenvalue weighted by atomic mass is 16.6. The SMILES string of the molecule is CCCCCCCCCn1c(C)c(C2(c3ccc(N(CC)CC)cc3OCC)OC(=O)c3ncccc32)c2ccccc21. The number of rotatable bonds is 15. The van der Waals surface area contributed by atoms with Crippen molar-refractivity contribution in [1.29, 1.82) is 0 Å². The van der Waals surface area contributed by atoms with Gasteiger partial charge in [0.25, 0.3) is 0 Å². The first-order valence-electron chi connectivity index (χ1n) is 16.3. The number of anilines is 1. The van der Waals surface area contributed by atoms with Gasteiger partial charge in [0.15, 0.2) is 11.3 Å². The van der Waals surface area contributed by atoms with Crippen LogP contribution in [0.4, 0.5) is 5.69 Å². The van der Waals surface area contributed by atoms with Gasteiger partial charge >= 0.3 is 5.97 Å². The molecule has 228 valence electrons. The second-order valence-electron chi connectivity index (χ2n) is 11.5. The number of unbranched alkanes of at least 4 members (excludes halogenated alkanes) is 6. The number of carbonyl (C=O) groups is 1. The van der Waals surface area contributed by atoms with Gasteiger partial charge in [-0.15, -0.1) is 0 Å². The first-order chi connectivity index (χ1) is 21.0. The second-order valence-corrected chi connectivity index (χ2v) is 11.5. The number of nitrogens with zero attached hydrogens (tertiary/aromatic N) is 3. The largest absolute Gasteiger partial charge is 0.493 e. The van der Waals surface area contributed by atoms with Gasteiger partial charge in [-0.3, -0.25) is 0 Å². The van der Waals surface area contributed by atoms with Gasteiger partial charge in [0.1, 0.15) is 5.75 Å². The molecule has 0 aliphatic carbocycles. The summed E-state index contributed by atoms with van der Waals surface area (Å²) in [5, 5.41) is 1.09. The Morgan fingerprint density at radius 2 is 1.63 bits per heavy atom. The van der Waals surface area contributed by atoms with Crippen LogP contribution < -0.4 is 9.64 Å². The maximum absolute atomic E-state index is 13.6. The third-order valence-corrected chi connectivity index (χ3v) is 8.97. The Hall–Kier alpha value is -3.80. The fraction of sp³-hybridized carbons (Fsp3) is 0.459. The summed E-state index contributed by atoms with van der Waals surface area (Å²) in [5.41, 5.74) is 5.09. The lowest BCUT2D eigenvalue weighted by Crippen LogP contribution is -2.31. The van der Waals surface area contributed by atoms with E-state index >= 15 is 0 Å². The van der Waals surface area contributed by atoms with Crippen LogP contribution in [0.5, 0.6) is 5.75 Å². The van der Waals surface area contributed by atoms with Crippen LogP contribution in [0.15, 0.2) is 60.8 Å². The molecule has 5 rings (SSSR count). The lowest BCUT2D eigenvalue weighted by atomic mass is 9.78. The number of para-hydroxylation sites is 1. The van der Waals surface area contributed by atoms with E-state index in [9.17, 15) is 4.79 Å². The maximum Gasteiger partial charge on any atom is 0.358 e. The molecule has 0 saturated heterocycles. The van der Waals surface area contributed by atoms with E-state index in [-0.39, 0.29) is 0 Å². The molecule has 43 heavy (non-hydrogen) atoms. The van der Waals surface area contributed by atoms with Gasteiger partial charge in [0, 0.05) is 70.9 Å². The maximum atomic E-state index is 13.6. The zero-order chi connectivity index (χ0) is 30.4. The Morgan fingerprint density at radius 3 is 2.37 bits per heavy atom. The van der Waals surface area contributed by atoms with E-state index in [1.165, 1.54) is 38.5 Å². The third-order valence-electron chi connectivity index (χ3n) is 8.97. The summed E-state index contributed by atoms with van der Waals surface area (Å²) in [6, 6.07) is 18.7. The van der Waals surface area contributed by atoms with E-state index in [0.29, 0.717) is 12.3 Å². The minimum absolute atomic E-state index is 0.362. The van der Waals surface area contributed by atoms with Gasteiger partial charge < -0.3 is 18.9 Å². The molecule has 2 aromatic heterocycles. The molecule has 1 atom stereocenters. The first-order valence-corrected chi connectivity index (χ1v) is 16.3. The quantitative estimate of drug-likeness (QED) is 0.104. The van der Waals surface area contributed by atoms with Crippen LogP contribution in [0.25, 0.3) is 10.9 Å². The van der Waals surface area contributed by atoms with Crippen molar-refractivity contribution in [3.8, 4) is 5.75 Å². The van der Waals surface area contributed by atoms with Gasteiger partial charge in [-0.25, -0.2) is 9.78 Å². The average molecular weight is 582 g/mol. The molecule has 0 spiro atoms. The molecule has 2 aromatic carbocycles. The molecular weight excluding hydrogens is 534 g/mol. The van der Waals surface area contributed by atoms with Crippen molar-refractivity contribution in [2.45, 2.75) is 91.7 Å². The fourth-order valence-electron chi connectivity index (χ4n) is 6.87. The van der Waals surface area contributed by atoms with Gasteiger partial charge in [-0.05, 0) is 58.4 Å². The Balaban J connectivity index is 1.69. The summed E-state index contributed by atoms with van der Waals surface area (Å²) in [7, 11) is 0. The van der Waals surface area contributed by atoms with Gasteiger partial charge in [0.05, 0.1) is 6.61 Å². The number of hydrogen-bond acceptors (Lipinski definition) is 5. The standard InChI is InChI=1S/C37H47N3O3/c1-6-10-11-12-13-14-17-25-40-27(5)34(29-19-15-16-21-32(29)40)37(31-20-18-24-38-35(31)36(41)43-37)30-23-22-28(39(7-2)8-3)26-33(30)42-9-4/h15-16,18-24,26H,6-14,17,25H2,1-5H3. The summed E-state index contributed by atoms with van der Waals surface area (Å²) < 4.78 is 15.4. The molecule has 1 aliphatic heterocycles. The molecule has 0 N–H and O–H groups in total. The van der Waals surface area contributed by atoms with Crippen LogP contribution in [-0.2, 0) is 16.9 Å². The molecule has 0 radical (unpaired) electrons. The number of esters is 1. The highest BCUT2D eigenvalue weighted by molar-refractivity contribution is 5.97. The molecule has 4 aromatic rings. The Labute approximate surface area is 257 Å². The van der Waals surface area contributed by atoms with Crippen LogP contribution in [-0.4, -0.2) is 35.2 Å². The van der Waals surface area contributed by atoms with Crippen molar-refractivity contribution in [2.75, 3.05) is 24.6 Å². The van der Waals surface area contributed by atoms with Gasteiger partial charge in [0.2, 0.25) is 0 Å². The highest BCUT2D eigenvalue weighted by Crippen LogP contribution is 2.53. The molecule has 0 amide bonds. The molecular formula is C37H47N3O3. The average Bonchev–Trinajstić information content (AvgIpc) is 3.48. The number of ether oxygens (including phenoxy) is 2. The minimum atomic E-state index is -1.19. The molecule has 6 heteroatoms. The molecule has 0 bridgehead atoms. The van der Waals surface area contributed by atoms with E-state index in [2.05, 4.69) is 84.6 Å². The van der Waals surface area contributed by atoms with Crippen molar-refractivity contribution in [2.24, 2.45) is 0 Å². The topological polar surface area (TPSA) is 56.6 Å². The number of benzene rings is 2. The van der Waals surface area contributed by atoms with Crippen molar-refractivity contribution < 1.29 is 14.3 Å². The summed E-state index contributed by atoms with van der Waals surface area (Å²) in [5.74, 6) is 0.314. The van der Waals surface area contributed by atoms with Crippen LogP contribution >= 0.6 is 0 Å². The lowest BCUT2D eigenvalue weighted by Gasteiger charge is -2.33. The van der Waals surface area contributed by atoms with E-state index in [1.807, 2.05) is 19.1 Å². The second kappa shape index (κ2) is 13.7. The third kappa shape index (κ3) is 5.64. The van der Waals surface area contributed by atoms with Crippen LogP contribution in [0.1, 0.15) is 106 Å². The molecule has 3 heterocycles. The zero-order valence-corrected chi connectivity index (χ0v) is 26.6. The smallest absolute Gasteiger partial charge is 0.358 e.